The Labute approximate surface area is 96.6 Å². The van der Waals surface area contributed by atoms with Crippen molar-refractivity contribution in [3.8, 4) is 5.75 Å². The second kappa shape index (κ2) is 5.27. The first-order valence-corrected chi connectivity index (χ1v) is 5.78. The van der Waals surface area contributed by atoms with Crippen molar-refractivity contribution in [2.75, 3.05) is 20.7 Å². The molecule has 16 heavy (non-hydrogen) atoms. The average molecular weight is 221 g/mol. The van der Waals surface area contributed by atoms with Crippen molar-refractivity contribution in [3.63, 3.8) is 0 Å². The predicted octanol–water partition coefficient (Wildman–Crippen LogP) is 1.75. The van der Waals surface area contributed by atoms with Crippen molar-refractivity contribution in [1.29, 1.82) is 0 Å². The molecule has 4 nitrogen and oxygen atoms in total. The van der Waals surface area contributed by atoms with Crippen LogP contribution in [0.1, 0.15) is 30.9 Å². The van der Waals surface area contributed by atoms with E-state index in [0.717, 1.165) is 12.3 Å². The van der Waals surface area contributed by atoms with Gasteiger partial charge in [-0.25, -0.2) is 5.01 Å². The molecule has 1 N–H and O–H groups in total. The summed E-state index contributed by atoms with van der Waals surface area (Å²) < 4.78 is 5.21. The van der Waals surface area contributed by atoms with Crippen LogP contribution in [0.25, 0.3) is 0 Å². The standard InChI is InChI=1S/C12H19N3O/c1-13-15-6-4-3-5-12(15)10-7-11(16-2)9-14-8-10/h7-9,12-13H,3-6H2,1-2H3/t12-/m0/s1. The summed E-state index contributed by atoms with van der Waals surface area (Å²) in [4.78, 5) is 4.22. The van der Waals surface area contributed by atoms with E-state index in [-0.39, 0.29) is 0 Å². The van der Waals surface area contributed by atoms with Crippen LogP contribution in [-0.4, -0.2) is 30.7 Å². The Balaban J connectivity index is 2.20. The fourth-order valence-corrected chi connectivity index (χ4v) is 2.28. The molecule has 0 aliphatic carbocycles. The van der Waals surface area contributed by atoms with Crippen LogP contribution in [0, 0.1) is 0 Å². The Morgan fingerprint density at radius 2 is 2.31 bits per heavy atom. The number of ether oxygens (including phenoxy) is 1. The number of hydrazine groups is 1. The summed E-state index contributed by atoms with van der Waals surface area (Å²) in [7, 11) is 3.66. The van der Waals surface area contributed by atoms with Crippen LogP contribution in [0.2, 0.25) is 0 Å². The maximum absolute atomic E-state index is 5.21. The normalized spacial score (nSPS) is 22.0. The highest BCUT2D eigenvalue weighted by Crippen LogP contribution is 2.30. The minimum atomic E-state index is 0.418. The van der Waals surface area contributed by atoms with Crippen molar-refractivity contribution in [1.82, 2.24) is 15.4 Å². The molecular formula is C12H19N3O. The van der Waals surface area contributed by atoms with Gasteiger partial charge in [-0.2, -0.15) is 0 Å². The molecule has 1 saturated heterocycles. The number of aromatic nitrogens is 1. The number of pyridine rings is 1. The molecular weight excluding hydrogens is 202 g/mol. The van der Waals surface area contributed by atoms with Crippen molar-refractivity contribution < 1.29 is 4.74 Å². The van der Waals surface area contributed by atoms with Crippen LogP contribution in [-0.2, 0) is 0 Å². The molecule has 1 aliphatic heterocycles. The summed E-state index contributed by atoms with van der Waals surface area (Å²) in [5.41, 5.74) is 4.48. The van der Waals surface area contributed by atoms with E-state index in [2.05, 4.69) is 21.5 Å². The zero-order valence-corrected chi connectivity index (χ0v) is 9.94. The molecule has 0 aromatic carbocycles. The summed E-state index contributed by atoms with van der Waals surface area (Å²) in [6.45, 7) is 1.10. The number of hydrogen-bond donors (Lipinski definition) is 1. The molecule has 4 heteroatoms. The molecule has 1 aromatic rings. The number of nitrogens with one attached hydrogen (secondary N) is 1. The Morgan fingerprint density at radius 1 is 1.44 bits per heavy atom. The lowest BCUT2D eigenvalue weighted by Gasteiger charge is -2.35. The topological polar surface area (TPSA) is 37.4 Å². The molecule has 0 saturated carbocycles. The molecule has 0 amide bonds. The first-order valence-electron chi connectivity index (χ1n) is 5.78. The van der Waals surface area contributed by atoms with Gasteiger partial charge >= 0.3 is 0 Å². The lowest BCUT2D eigenvalue weighted by molar-refractivity contribution is 0.0980. The quantitative estimate of drug-likeness (QED) is 0.844. The third-order valence-electron chi connectivity index (χ3n) is 3.14. The summed E-state index contributed by atoms with van der Waals surface area (Å²) in [5, 5.41) is 2.28. The van der Waals surface area contributed by atoms with E-state index in [0.29, 0.717) is 6.04 Å². The van der Waals surface area contributed by atoms with Crippen molar-refractivity contribution in [3.05, 3.63) is 24.0 Å². The molecule has 0 bridgehead atoms. The maximum atomic E-state index is 5.21. The lowest BCUT2D eigenvalue weighted by Crippen LogP contribution is -2.41. The van der Waals surface area contributed by atoms with Crippen molar-refractivity contribution >= 4 is 0 Å². The first kappa shape index (κ1) is 11.4. The van der Waals surface area contributed by atoms with Crippen LogP contribution in [0.15, 0.2) is 18.5 Å². The minimum absolute atomic E-state index is 0.418. The van der Waals surface area contributed by atoms with Crippen LogP contribution in [0.5, 0.6) is 5.75 Å². The summed E-state index contributed by atoms with van der Waals surface area (Å²) in [6, 6.07) is 2.49. The third-order valence-corrected chi connectivity index (χ3v) is 3.14. The van der Waals surface area contributed by atoms with Gasteiger partial charge in [-0.15, -0.1) is 0 Å². The highest BCUT2D eigenvalue weighted by Gasteiger charge is 2.23. The zero-order valence-electron chi connectivity index (χ0n) is 9.94. The second-order valence-electron chi connectivity index (χ2n) is 4.09. The van der Waals surface area contributed by atoms with E-state index < -0.39 is 0 Å². The molecule has 0 spiro atoms. The Kier molecular flexibility index (Phi) is 3.74. The number of rotatable bonds is 3. The average Bonchev–Trinajstić information content (AvgIpc) is 2.38. The highest BCUT2D eigenvalue weighted by atomic mass is 16.5. The Hall–Kier alpha value is -1.13. The SMILES string of the molecule is CNN1CCCC[C@H]1c1cncc(OC)c1. The number of piperidine rings is 1. The molecule has 0 radical (unpaired) electrons. The monoisotopic (exact) mass is 221 g/mol. The van der Waals surface area contributed by atoms with Crippen LogP contribution < -0.4 is 10.2 Å². The fourth-order valence-electron chi connectivity index (χ4n) is 2.28. The minimum Gasteiger partial charge on any atom is -0.495 e. The van der Waals surface area contributed by atoms with E-state index in [1.165, 1.54) is 24.8 Å². The molecule has 0 unspecified atom stereocenters. The summed E-state index contributed by atoms with van der Waals surface area (Å²) >= 11 is 0. The van der Waals surface area contributed by atoms with Crippen LogP contribution in [0.4, 0.5) is 0 Å². The third kappa shape index (κ3) is 2.33. The Bertz CT molecular complexity index is 343. The van der Waals surface area contributed by atoms with Gasteiger partial charge in [-0.1, -0.05) is 6.42 Å². The largest absolute Gasteiger partial charge is 0.495 e. The molecule has 1 aliphatic rings. The summed E-state index contributed by atoms with van der Waals surface area (Å²) in [6.07, 6.45) is 7.39. The number of hydrogen-bond acceptors (Lipinski definition) is 4. The van der Waals surface area contributed by atoms with E-state index in [1.54, 1.807) is 13.3 Å². The molecule has 2 rings (SSSR count). The lowest BCUT2D eigenvalue weighted by atomic mass is 9.98. The molecule has 1 aromatic heterocycles. The maximum Gasteiger partial charge on any atom is 0.137 e. The van der Waals surface area contributed by atoms with Gasteiger partial charge < -0.3 is 4.74 Å². The van der Waals surface area contributed by atoms with E-state index in [9.17, 15) is 0 Å². The number of methoxy groups -OCH3 is 1. The second-order valence-corrected chi connectivity index (χ2v) is 4.09. The highest BCUT2D eigenvalue weighted by molar-refractivity contribution is 5.26. The van der Waals surface area contributed by atoms with Gasteiger partial charge in [-0.3, -0.25) is 10.4 Å². The van der Waals surface area contributed by atoms with Gasteiger partial charge in [0.1, 0.15) is 5.75 Å². The molecule has 1 fully saturated rings. The van der Waals surface area contributed by atoms with E-state index >= 15 is 0 Å². The van der Waals surface area contributed by atoms with Crippen LogP contribution >= 0.6 is 0 Å². The molecule has 1 atom stereocenters. The van der Waals surface area contributed by atoms with Gasteiger partial charge in [0.15, 0.2) is 0 Å². The first-order chi connectivity index (χ1) is 7.85. The summed E-state index contributed by atoms with van der Waals surface area (Å²) in [5.74, 6) is 0.833. The van der Waals surface area contributed by atoms with E-state index in [4.69, 9.17) is 4.74 Å². The van der Waals surface area contributed by atoms with Gasteiger partial charge in [0.2, 0.25) is 0 Å². The Morgan fingerprint density at radius 3 is 3.06 bits per heavy atom. The molecule has 88 valence electrons. The van der Waals surface area contributed by atoms with Crippen molar-refractivity contribution in [2.45, 2.75) is 25.3 Å². The predicted molar refractivity (Wildman–Crippen MR) is 63.1 cm³/mol. The van der Waals surface area contributed by atoms with Gasteiger partial charge in [-0.05, 0) is 31.5 Å². The van der Waals surface area contributed by atoms with Gasteiger partial charge in [0.25, 0.3) is 0 Å². The van der Waals surface area contributed by atoms with Crippen molar-refractivity contribution in [2.24, 2.45) is 0 Å². The van der Waals surface area contributed by atoms with E-state index in [1.807, 2.05) is 13.2 Å². The smallest absolute Gasteiger partial charge is 0.137 e. The number of nitrogens with zero attached hydrogens (tertiary/aromatic N) is 2. The fraction of sp³-hybridized carbons (Fsp3) is 0.583. The zero-order chi connectivity index (χ0) is 11.4. The van der Waals surface area contributed by atoms with Crippen LogP contribution in [0.3, 0.4) is 0 Å². The van der Waals surface area contributed by atoms with Gasteiger partial charge in [0.05, 0.1) is 19.3 Å². The van der Waals surface area contributed by atoms with Gasteiger partial charge in [0, 0.05) is 12.7 Å². The molecule has 2 heterocycles.